The van der Waals surface area contributed by atoms with Crippen LogP contribution in [0.4, 0.5) is 0 Å². The molecule has 0 aliphatic carbocycles. The van der Waals surface area contributed by atoms with Crippen molar-refractivity contribution in [3.8, 4) is 0 Å². The van der Waals surface area contributed by atoms with E-state index in [0.29, 0.717) is 11.6 Å². The first-order valence-corrected chi connectivity index (χ1v) is 5.25. The van der Waals surface area contributed by atoms with E-state index in [9.17, 15) is 4.79 Å². The van der Waals surface area contributed by atoms with Crippen LogP contribution in [0, 0.1) is 0 Å². The molecule has 1 aromatic rings. The van der Waals surface area contributed by atoms with Gasteiger partial charge in [0.15, 0.2) is 5.69 Å². The normalized spacial score (nSPS) is 10.7. The third-order valence-corrected chi connectivity index (χ3v) is 2.73. The Morgan fingerprint density at radius 2 is 2.13 bits per heavy atom. The van der Waals surface area contributed by atoms with E-state index >= 15 is 0 Å². The summed E-state index contributed by atoms with van der Waals surface area (Å²) in [6.45, 7) is 4.23. The van der Waals surface area contributed by atoms with Gasteiger partial charge in [-0.05, 0) is 12.8 Å². The highest BCUT2D eigenvalue weighted by molar-refractivity contribution is 5.88. The second-order valence-electron chi connectivity index (χ2n) is 3.59. The Balaban J connectivity index is 3.13. The number of rotatable bonds is 4. The molecule has 0 aromatic carbocycles. The number of aromatic nitrogens is 2. The molecule has 0 spiro atoms. The van der Waals surface area contributed by atoms with Crippen molar-refractivity contribution in [2.45, 2.75) is 32.6 Å². The maximum absolute atomic E-state index is 11.5. The number of carbonyl (C=O) groups excluding carboxylic acids is 1. The molecule has 15 heavy (non-hydrogen) atoms. The summed E-state index contributed by atoms with van der Waals surface area (Å²) in [4.78, 5) is 15.6. The maximum atomic E-state index is 11.5. The molecule has 0 atom stereocenters. The molecule has 0 amide bonds. The molecular weight excluding hydrogens is 192 g/mol. The zero-order chi connectivity index (χ0) is 11.4. The van der Waals surface area contributed by atoms with Crippen LogP contribution in [0.1, 0.15) is 48.8 Å². The molecular formula is C11H18N2O2. The second kappa shape index (κ2) is 4.96. The molecule has 0 unspecified atom stereocenters. The lowest BCUT2D eigenvalue weighted by Gasteiger charge is -2.14. The fraction of sp³-hybridized carbons (Fsp3) is 0.636. The monoisotopic (exact) mass is 210 g/mol. The highest BCUT2D eigenvalue weighted by Crippen LogP contribution is 2.25. The molecule has 0 saturated heterocycles. The fourth-order valence-electron chi connectivity index (χ4n) is 1.85. The Bertz CT molecular complexity index is 340. The Hall–Kier alpha value is -1.32. The van der Waals surface area contributed by atoms with Crippen molar-refractivity contribution >= 4 is 5.97 Å². The quantitative estimate of drug-likeness (QED) is 0.715. The highest BCUT2D eigenvalue weighted by Gasteiger charge is 2.22. The van der Waals surface area contributed by atoms with Crippen LogP contribution in [0.5, 0.6) is 0 Å². The fourth-order valence-corrected chi connectivity index (χ4v) is 1.85. The van der Waals surface area contributed by atoms with Crippen LogP contribution in [0.25, 0.3) is 0 Å². The van der Waals surface area contributed by atoms with Gasteiger partial charge in [0, 0.05) is 13.0 Å². The van der Waals surface area contributed by atoms with Gasteiger partial charge in [0.25, 0.3) is 0 Å². The summed E-state index contributed by atoms with van der Waals surface area (Å²) in [6, 6.07) is 0. The van der Waals surface area contributed by atoms with Crippen LogP contribution < -0.4 is 0 Å². The van der Waals surface area contributed by atoms with Crippen molar-refractivity contribution in [1.29, 1.82) is 0 Å². The minimum atomic E-state index is -0.350. The first kappa shape index (κ1) is 11.8. The van der Waals surface area contributed by atoms with Crippen molar-refractivity contribution < 1.29 is 9.53 Å². The van der Waals surface area contributed by atoms with E-state index in [1.54, 1.807) is 6.33 Å². The molecule has 0 aliphatic rings. The lowest BCUT2D eigenvalue weighted by molar-refractivity contribution is 0.0592. The number of hydrogen-bond acceptors (Lipinski definition) is 3. The van der Waals surface area contributed by atoms with Crippen molar-refractivity contribution in [1.82, 2.24) is 9.55 Å². The maximum Gasteiger partial charge on any atom is 0.358 e. The Morgan fingerprint density at radius 1 is 1.53 bits per heavy atom. The first-order valence-electron chi connectivity index (χ1n) is 5.25. The van der Waals surface area contributed by atoms with Crippen molar-refractivity contribution in [2.24, 2.45) is 7.05 Å². The SMILES string of the molecule is CCC(CC)c1c(C(=O)OC)ncn1C. The molecule has 0 saturated carbocycles. The number of esters is 1. The van der Waals surface area contributed by atoms with Gasteiger partial charge in [-0.15, -0.1) is 0 Å². The number of hydrogen-bond donors (Lipinski definition) is 0. The van der Waals surface area contributed by atoms with E-state index in [1.165, 1.54) is 7.11 Å². The van der Waals surface area contributed by atoms with E-state index in [-0.39, 0.29) is 5.97 Å². The topological polar surface area (TPSA) is 44.1 Å². The van der Waals surface area contributed by atoms with Crippen molar-refractivity contribution in [3.05, 3.63) is 17.7 Å². The number of methoxy groups -OCH3 is 1. The van der Waals surface area contributed by atoms with Gasteiger partial charge in [0.05, 0.1) is 19.1 Å². The van der Waals surface area contributed by atoms with E-state index in [0.717, 1.165) is 18.5 Å². The van der Waals surface area contributed by atoms with Gasteiger partial charge in [0.2, 0.25) is 0 Å². The van der Waals surface area contributed by atoms with Gasteiger partial charge in [-0.2, -0.15) is 0 Å². The molecule has 1 rings (SSSR count). The number of carbonyl (C=O) groups is 1. The molecule has 0 bridgehead atoms. The number of ether oxygens (including phenoxy) is 1. The Labute approximate surface area is 90.3 Å². The predicted octanol–water partition coefficient (Wildman–Crippen LogP) is 2.11. The average Bonchev–Trinajstić information content (AvgIpc) is 2.62. The van der Waals surface area contributed by atoms with Crippen LogP contribution >= 0.6 is 0 Å². The van der Waals surface area contributed by atoms with Gasteiger partial charge in [0.1, 0.15) is 0 Å². The average molecular weight is 210 g/mol. The second-order valence-corrected chi connectivity index (χ2v) is 3.59. The summed E-state index contributed by atoms with van der Waals surface area (Å²) in [5.74, 6) is 0.0177. The summed E-state index contributed by atoms with van der Waals surface area (Å²) in [7, 11) is 3.29. The summed E-state index contributed by atoms with van der Waals surface area (Å²) >= 11 is 0. The predicted molar refractivity (Wildman–Crippen MR) is 57.9 cm³/mol. The van der Waals surface area contributed by atoms with Crippen LogP contribution in [0.2, 0.25) is 0 Å². The van der Waals surface area contributed by atoms with Gasteiger partial charge in [-0.25, -0.2) is 9.78 Å². The molecule has 0 aliphatic heterocycles. The molecule has 0 N–H and O–H groups in total. The van der Waals surface area contributed by atoms with Crippen LogP contribution in [-0.2, 0) is 11.8 Å². The van der Waals surface area contributed by atoms with E-state index in [1.807, 2.05) is 11.6 Å². The summed E-state index contributed by atoms with van der Waals surface area (Å²) in [6.07, 6.45) is 3.67. The summed E-state index contributed by atoms with van der Waals surface area (Å²) in [5, 5.41) is 0. The molecule has 4 heteroatoms. The van der Waals surface area contributed by atoms with Crippen molar-refractivity contribution in [3.63, 3.8) is 0 Å². The number of nitrogens with zero attached hydrogens (tertiary/aromatic N) is 2. The van der Waals surface area contributed by atoms with Crippen LogP contribution in [0.15, 0.2) is 6.33 Å². The van der Waals surface area contributed by atoms with Gasteiger partial charge < -0.3 is 9.30 Å². The Kier molecular flexibility index (Phi) is 3.88. The zero-order valence-electron chi connectivity index (χ0n) is 9.78. The molecule has 1 aromatic heterocycles. The first-order chi connectivity index (χ1) is 7.15. The molecule has 1 heterocycles. The minimum absolute atomic E-state index is 0.350. The molecule has 84 valence electrons. The number of aryl methyl sites for hydroxylation is 1. The van der Waals surface area contributed by atoms with E-state index < -0.39 is 0 Å². The van der Waals surface area contributed by atoms with Gasteiger partial charge in [-0.3, -0.25) is 0 Å². The van der Waals surface area contributed by atoms with E-state index in [2.05, 4.69) is 18.8 Å². The third-order valence-electron chi connectivity index (χ3n) is 2.73. The lowest BCUT2D eigenvalue weighted by atomic mass is 9.97. The molecule has 0 radical (unpaired) electrons. The Morgan fingerprint density at radius 3 is 2.60 bits per heavy atom. The van der Waals surface area contributed by atoms with Gasteiger partial charge in [-0.1, -0.05) is 13.8 Å². The van der Waals surface area contributed by atoms with Crippen molar-refractivity contribution in [2.75, 3.05) is 7.11 Å². The van der Waals surface area contributed by atoms with Gasteiger partial charge >= 0.3 is 5.97 Å². The molecule has 0 fully saturated rings. The largest absolute Gasteiger partial charge is 0.464 e. The number of imidazole rings is 1. The minimum Gasteiger partial charge on any atom is -0.464 e. The third kappa shape index (κ3) is 2.19. The van der Waals surface area contributed by atoms with E-state index in [4.69, 9.17) is 4.74 Å². The van der Waals surface area contributed by atoms with Crippen LogP contribution in [-0.4, -0.2) is 22.6 Å². The standard InChI is InChI=1S/C11H18N2O2/c1-5-8(6-2)10-9(11(14)15-4)12-7-13(10)3/h7-8H,5-6H2,1-4H3. The highest BCUT2D eigenvalue weighted by atomic mass is 16.5. The smallest absolute Gasteiger partial charge is 0.358 e. The summed E-state index contributed by atoms with van der Waals surface area (Å²) in [5.41, 5.74) is 1.43. The summed E-state index contributed by atoms with van der Waals surface area (Å²) < 4.78 is 6.62. The zero-order valence-corrected chi connectivity index (χ0v) is 9.78. The molecule has 4 nitrogen and oxygen atoms in total. The lowest BCUT2D eigenvalue weighted by Crippen LogP contribution is -2.11. The van der Waals surface area contributed by atoms with Crippen LogP contribution in [0.3, 0.4) is 0 Å².